The Balaban J connectivity index is 1.85. The minimum absolute atomic E-state index is 0.0970. The second kappa shape index (κ2) is 5.49. The van der Waals surface area contributed by atoms with Gasteiger partial charge in [0.25, 0.3) is 0 Å². The summed E-state index contributed by atoms with van der Waals surface area (Å²) in [5, 5.41) is 11.0. The van der Waals surface area contributed by atoms with Gasteiger partial charge in [0, 0.05) is 5.92 Å². The molecule has 0 radical (unpaired) electrons. The molecule has 0 bridgehead atoms. The van der Waals surface area contributed by atoms with Crippen LogP contribution in [0.5, 0.6) is 0 Å². The molecule has 0 aromatic rings. The van der Waals surface area contributed by atoms with E-state index in [9.17, 15) is 5.11 Å². The number of ether oxygens (including phenoxy) is 1. The molecule has 2 fully saturated rings. The summed E-state index contributed by atoms with van der Waals surface area (Å²) in [6.45, 7) is 13.2. The van der Waals surface area contributed by atoms with E-state index in [0.717, 1.165) is 38.5 Å². The van der Waals surface area contributed by atoms with Crippen molar-refractivity contribution in [2.45, 2.75) is 83.5 Å². The molecule has 2 nitrogen and oxygen atoms in total. The summed E-state index contributed by atoms with van der Waals surface area (Å²) in [7, 11) is 0. The molecule has 5 atom stereocenters. The normalized spacial score (nSPS) is 45.8. The van der Waals surface area contributed by atoms with Crippen molar-refractivity contribution in [1.82, 2.24) is 0 Å². The lowest BCUT2D eigenvalue weighted by Crippen LogP contribution is -2.49. The van der Waals surface area contributed by atoms with E-state index >= 15 is 0 Å². The van der Waals surface area contributed by atoms with E-state index in [0.29, 0.717) is 17.9 Å². The molecule has 3 aliphatic rings. The van der Waals surface area contributed by atoms with Gasteiger partial charge in [-0.1, -0.05) is 44.6 Å². The molecule has 3 rings (SSSR count). The molecule has 1 saturated heterocycles. The monoisotopic (exact) mass is 304 g/mol. The van der Waals surface area contributed by atoms with Crippen LogP contribution in [0.25, 0.3) is 0 Å². The van der Waals surface area contributed by atoms with E-state index in [2.05, 4.69) is 40.3 Å². The van der Waals surface area contributed by atoms with Gasteiger partial charge in [-0.15, -0.1) is 0 Å². The Morgan fingerprint density at radius 1 is 1.36 bits per heavy atom. The molecule has 22 heavy (non-hydrogen) atoms. The van der Waals surface area contributed by atoms with Crippen LogP contribution in [0.3, 0.4) is 0 Å². The van der Waals surface area contributed by atoms with Gasteiger partial charge in [0.05, 0.1) is 17.3 Å². The predicted octanol–water partition coefficient (Wildman–Crippen LogP) is 4.63. The van der Waals surface area contributed by atoms with Gasteiger partial charge in [0.2, 0.25) is 0 Å². The molecule has 0 amide bonds. The quantitative estimate of drug-likeness (QED) is 0.566. The van der Waals surface area contributed by atoms with Gasteiger partial charge in [-0.3, -0.25) is 0 Å². The summed E-state index contributed by atoms with van der Waals surface area (Å²) in [6, 6.07) is 0. The van der Waals surface area contributed by atoms with E-state index in [1.807, 2.05) is 0 Å². The fourth-order valence-corrected chi connectivity index (χ4v) is 4.52. The zero-order chi connectivity index (χ0) is 16.1. The number of hydrogen-bond acceptors (Lipinski definition) is 2. The zero-order valence-corrected chi connectivity index (χ0v) is 14.7. The van der Waals surface area contributed by atoms with Crippen molar-refractivity contribution in [3.8, 4) is 0 Å². The van der Waals surface area contributed by atoms with E-state index in [1.54, 1.807) is 0 Å². The van der Waals surface area contributed by atoms with Gasteiger partial charge >= 0.3 is 0 Å². The average Bonchev–Trinajstić information content (AvgIpc) is 3.05. The summed E-state index contributed by atoms with van der Waals surface area (Å²) >= 11 is 0. The molecule has 0 spiro atoms. The summed E-state index contributed by atoms with van der Waals surface area (Å²) in [6.07, 6.45) is 8.93. The SMILES string of the molecule is C=C1C[C@]2(O)C[C@@H](C)CC[C@H]3O[C@]3(C)CCC(C(C)C)=C[C@@H]12. The minimum Gasteiger partial charge on any atom is -0.389 e. The van der Waals surface area contributed by atoms with E-state index in [1.165, 1.54) is 11.1 Å². The van der Waals surface area contributed by atoms with Crippen molar-refractivity contribution < 1.29 is 9.84 Å². The van der Waals surface area contributed by atoms with Crippen molar-refractivity contribution in [2.75, 3.05) is 0 Å². The number of aliphatic hydroxyl groups is 1. The van der Waals surface area contributed by atoms with Crippen LogP contribution in [0.15, 0.2) is 23.8 Å². The number of rotatable bonds is 1. The lowest BCUT2D eigenvalue weighted by Gasteiger charge is -2.48. The maximum Gasteiger partial charge on any atom is 0.0923 e. The third-order valence-corrected chi connectivity index (χ3v) is 6.24. The summed E-state index contributed by atoms with van der Waals surface area (Å²) in [5.74, 6) is 1.23. The first-order chi connectivity index (χ1) is 10.2. The van der Waals surface area contributed by atoms with Crippen LogP contribution in [0.4, 0.5) is 0 Å². The zero-order valence-electron chi connectivity index (χ0n) is 14.7. The van der Waals surface area contributed by atoms with Crippen LogP contribution in [0, 0.1) is 17.8 Å². The highest BCUT2D eigenvalue weighted by Crippen LogP contribution is 2.51. The first-order valence-electron chi connectivity index (χ1n) is 9.02. The second-order valence-electron chi connectivity index (χ2n) is 8.62. The molecule has 0 aromatic carbocycles. The maximum absolute atomic E-state index is 11.0. The van der Waals surface area contributed by atoms with E-state index < -0.39 is 5.60 Å². The Labute approximate surface area is 135 Å². The van der Waals surface area contributed by atoms with Gasteiger partial charge in [0.15, 0.2) is 0 Å². The summed E-state index contributed by atoms with van der Waals surface area (Å²) in [5.41, 5.74) is 2.22. The number of hydrogen-bond donors (Lipinski definition) is 1. The highest BCUT2D eigenvalue weighted by atomic mass is 16.6. The van der Waals surface area contributed by atoms with Crippen molar-refractivity contribution in [3.63, 3.8) is 0 Å². The molecule has 2 heteroatoms. The van der Waals surface area contributed by atoms with Crippen LogP contribution in [0.1, 0.15) is 66.2 Å². The lowest BCUT2D eigenvalue weighted by molar-refractivity contribution is -0.0517. The first kappa shape index (κ1) is 16.3. The van der Waals surface area contributed by atoms with Gasteiger partial charge in [-0.05, 0) is 57.3 Å². The number of allylic oxidation sites excluding steroid dienone is 1. The average molecular weight is 304 g/mol. The molecule has 2 aliphatic carbocycles. The van der Waals surface area contributed by atoms with Gasteiger partial charge < -0.3 is 9.84 Å². The van der Waals surface area contributed by atoms with E-state index in [-0.39, 0.29) is 11.5 Å². The summed E-state index contributed by atoms with van der Waals surface area (Å²) < 4.78 is 6.00. The number of epoxide rings is 1. The van der Waals surface area contributed by atoms with Crippen molar-refractivity contribution >= 4 is 0 Å². The minimum atomic E-state index is -0.552. The van der Waals surface area contributed by atoms with Crippen LogP contribution in [-0.4, -0.2) is 22.4 Å². The molecule has 1 aliphatic heterocycles. The van der Waals surface area contributed by atoms with Crippen molar-refractivity contribution in [3.05, 3.63) is 23.8 Å². The molecule has 1 saturated carbocycles. The van der Waals surface area contributed by atoms with Crippen molar-refractivity contribution in [2.24, 2.45) is 17.8 Å². The first-order valence-corrected chi connectivity index (χ1v) is 9.02. The molecule has 1 heterocycles. The third kappa shape index (κ3) is 2.92. The smallest absolute Gasteiger partial charge is 0.0923 e. The standard InChI is InChI=1S/C20H32O2/c1-13(2)16-8-9-19(5)18(22-19)7-6-14(3)11-20(21)12-15(4)17(20)10-16/h10,13-14,17-18,21H,4,6-9,11-12H2,1-3,5H3/t14-,17-,18+,19+,20+/m0/s1. The third-order valence-electron chi connectivity index (χ3n) is 6.24. The molecule has 1 N–H and O–H groups in total. The second-order valence-corrected chi connectivity index (χ2v) is 8.62. The summed E-state index contributed by atoms with van der Waals surface area (Å²) in [4.78, 5) is 0. The Bertz CT molecular complexity index is 492. The molecule has 124 valence electrons. The van der Waals surface area contributed by atoms with Crippen molar-refractivity contribution in [1.29, 1.82) is 0 Å². The Hall–Kier alpha value is -0.600. The lowest BCUT2D eigenvalue weighted by atomic mass is 9.61. The van der Waals surface area contributed by atoms with Crippen LogP contribution >= 0.6 is 0 Å². The molecule has 0 unspecified atom stereocenters. The van der Waals surface area contributed by atoms with Crippen LogP contribution in [-0.2, 0) is 4.74 Å². The van der Waals surface area contributed by atoms with Gasteiger partial charge in [-0.2, -0.15) is 0 Å². The Morgan fingerprint density at radius 2 is 2.09 bits per heavy atom. The largest absolute Gasteiger partial charge is 0.389 e. The van der Waals surface area contributed by atoms with E-state index in [4.69, 9.17) is 4.74 Å². The van der Waals surface area contributed by atoms with Crippen LogP contribution < -0.4 is 0 Å². The van der Waals surface area contributed by atoms with Gasteiger partial charge in [-0.25, -0.2) is 0 Å². The molecule has 0 aromatic heterocycles. The molecular formula is C20H32O2. The van der Waals surface area contributed by atoms with Crippen LogP contribution in [0.2, 0.25) is 0 Å². The number of fused-ring (bicyclic) bond motifs is 2. The van der Waals surface area contributed by atoms with Gasteiger partial charge in [0.1, 0.15) is 0 Å². The Kier molecular flexibility index (Phi) is 4.06. The molecular weight excluding hydrogens is 272 g/mol. The fourth-order valence-electron chi connectivity index (χ4n) is 4.52. The predicted molar refractivity (Wildman–Crippen MR) is 90.6 cm³/mol. The topological polar surface area (TPSA) is 32.8 Å². The fraction of sp³-hybridized carbons (Fsp3) is 0.800. The Morgan fingerprint density at radius 3 is 2.73 bits per heavy atom. The highest BCUT2D eigenvalue weighted by molar-refractivity contribution is 5.31. The maximum atomic E-state index is 11.0. The highest BCUT2D eigenvalue weighted by Gasteiger charge is 2.52.